The minimum atomic E-state index is -0.148. The number of carbonyl (C=O) groups is 2. The summed E-state index contributed by atoms with van der Waals surface area (Å²) in [4.78, 5) is 23.8. The minimum absolute atomic E-state index is 0.0964. The van der Waals surface area contributed by atoms with E-state index in [1.807, 2.05) is 38.1 Å². The second-order valence-corrected chi connectivity index (χ2v) is 5.76. The lowest BCUT2D eigenvalue weighted by Gasteiger charge is -2.09. The zero-order valence-corrected chi connectivity index (χ0v) is 14.7. The number of nitrogens with one attached hydrogen (secondary N) is 2. The number of ether oxygens (including phenoxy) is 1. The van der Waals surface area contributed by atoms with Crippen LogP contribution in [-0.2, 0) is 4.79 Å². The van der Waals surface area contributed by atoms with Gasteiger partial charge in [-0.1, -0.05) is 18.2 Å². The maximum atomic E-state index is 12.0. The van der Waals surface area contributed by atoms with Gasteiger partial charge in [-0.05, 0) is 56.2 Å². The van der Waals surface area contributed by atoms with Crippen LogP contribution >= 0.6 is 0 Å². The van der Waals surface area contributed by atoms with E-state index in [-0.39, 0.29) is 11.8 Å². The maximum Gasteiger partial charge on any atom is 0.251 e. The van der Waals surface area contributed by atoms with Crippen molar-refractivity contribution in [1.82, 2.24) is 5.32 Å². The van der Waals surface area contributed by atoms with Crippen LogP contribution in [0.2, 0.25) is 0 Å². The largest absolute Gasteiger partial charge is 0.494 e. The van der Waals surface area contributed by atoms with Gasteiger partial charge < -0.3 is 15.4 Å². The molecule has 0 radical (unpaired) electrons. The number of amides is 2. The van der Waals surface area contributed by atoms with Crippen LogP contribution in [0.3, 0.4) is 0 Å². The van der Waals surface area contributed by atoms with Gasteiger partial charge >= 0.3 is 0 Å². The van der Waals surface area contributed by atoms with Gasteiger partial charge in [0.15, 0.2) is 0 Å². The van der Waals surface area contributed by atoms with Crippen molar-refractivity contribution in [2.24, 2.45) is 0 Å². The fourth-order valence-electron chi connectivity index (χ4n) is 2.35. The van der Waals surface area contributed by atoms with E-state index in [9.17, 15) is 9.59 Å². The van der Waals surface area contributed by atoms with Crippen LogP contribution in [-0.4, -0.2) is 25.0 Å². The molecule has 2 aromatic rings. The smallest absolute Gasteiger partial charge is 0.251 e. The molecule has 0 atom stereocenters. The van der Waals surface area contributed by atoms with Crippen molar-refractivity contribution < 1.29 is 14.3 Å². The van der Waals surface area contributed by atoms with E-state index in [2.05, 4.69) is 10.6 Å². The van der Waals surface area contributed by atoms with E-state index in [4.69, 9.17) is 4.74 Å². The number of aryl methyl sites for hydroxylation is 1. The van der Waals surface area contributed by atoms with Crippen LogP contribution in [0.5, 0.6) is 5.75 Å². The van der Waals surface area contributed by atoms with Gasteiger partial charge in [-0.15, -0.1) is 0 Å². The van der Waals surface area contributed by atoms with Crippen molar-refractivity contribution in [2.75, 3.05) is 18.5 Å². The molecule has 0 aliphatic rings. The number of benzene rings is 2. The number of hydrogen-bond donors (Lipinski definition) is 2. The molecule has 5 heteroatoms. The quantitative estimate of drug-likeness (QED) is 0.722. The molecule has 0 unspecified atom stereocenters. The second kappa shape index (κ2) is 9.47. The molecule has 2 amide bonds. The number of anilines is 1. The fraction of sp³-hybridized carbons (Fsp3) is 0.300. The summed E-state index contributed by atoms with van der Waals surface area (Å²) < 4.78 is 5.63. The SMILES string of the molecule is CCNC(=O)c1cccc(NC(=O)CCCOc2cccc(C)c2)c1. The molecule has 0 aromatic heterocycles. The third-order valence-electron chi connectivity index (χ3n) is 3.55. The van der Waals surface area contributed by atoms with Gasteiger partial charge in [0.2, 0.25) is 5.91 Å². The predicted octanol–water partition coefficient (Wildman–Crippen LogP) is 3.54. The van der Waals surface area contributed by atoms with Crippen LogP contribution in [0.1, 0.15) is 35.7 Å². The Morgan fingerprint density at radius 2 is 1.88 bits per heavy atom. The molecular weight excluding hydrogens is 316 g/mol. The first kappa shape index (κ1) is 18.5. The van der Waals surface area contributed by atoms with E-state index in [0.717, 1.165) is 11.3 Å². The molecule has 0 aliphatic heterocycles. The first-order valence-corrected chi connectivity index (χ1v) is 8.46. The Kier molecular flexibility index (Phi) is 7.01. The fourth-order valence-corrected chi connectivity index (χ4v) is 2.35. The molecule has 132 valence electrons. The monoisotopic (exact) mass is 340 g/mol. The van der Waals surface area contributed by atoms with Gasteiger partial charge in [-0.3, -0.25) is 9.59 Å². The van der Waals surface area contributed by atoms with Crippen molar-refractivity contribution in [2.45, 2.75) is 26.7 Å². The van der Waals surface area contributed by atoms with E-state index in [1.165, 1.54) is 0 Å². The summed E-state index contributed by atoms with van der Waals surface area (Å²) in [7, 11) is 0. The van der Waals surface area contributed by atoms with Crippen molar-refractivity contribution in [3.8, 4) is 5.75 Å². The minimum Gasteiger partial charge on any atom is -0.494 e. The Morgan fingerprint density at radius 3 is 2.64 bits per heavy atom. The average molecular weight is 340 g/mol. The standard InChI is InChI=1S/C20H24N2O3/c1-3-21-20(24)16-8-5-9-17(14-16)22-19(23)11-6-12-25-18-10-4-7-15(2)13-18/h4-5,7-10,13-14H,3,6,11-12H2,1-2H3,(H,21,24)(H,22,23). The Hall–Kier alpha value is -2.82. The van der Waals surface area contributed by atoms with Gasteiger partial charge in [0.05, 0.1) is 6.61 Å². The Labute approximate surface area is 148 Å². The second-order valence-electron chi connectivity index (χ2n) is 5.76. The summed E-state index contributed by atoms with van der Waals surface area (Å²) in [5.41, 5.74) is 2.29. The van der Waals surface area contributed by atoms with Crippen LogP contribution in [0.15, 0.2) is 48.5 Å². The van der Waals surface area contributed by atoms with Crippen LogP contribution in [0, 0.1) is 6.92 Å². The normalized spacial score (nSPS) is 10.2. The molecule has 0 fully saturated rings. The molecular formula is C20H24N2O3. The molecule has 0 saturated heterocycles. The van der Waals surface area contributed by atoms with Crippen molar-refractivity contribution in [3.05, 3.63) is 59.7 Å². The lowest BCUT2D eigenvalue weighted by Crippen LogP contribution is -2.22. The van der Waals surface area contributed by atoms with Crippen LogP contribution in [0.4, 0.5) is 5.69 Å². The molecule has 2 rings (SSSR count). The first-order valence-electron chi connectivity index (χ1n) is 8.46. The third kappa shape index (κ3) is 6.30. The highest BCUT2D eigenvalue weighted by atomic mass is 16.5. The Bertz CT molecular complexity index is 728. The summed E-state index contributed by atoms with van der Waals surface area (Å²) in [6.45, 7) is 4.92. The maximum absolute atomic E-state index is 12.0. The highest BCUT2D eigenvalue weighted by Gasteiger charge is 2.07. The molecule has 0 spiro atoms. The lowest BCUT2D eigenvalue weighted by molar-refractivity contribution is -0.116. The van der Waals surface area contributed by atoms with E-state index in [1.54, 1.807) is 24.3 Å². The van der Waals surface area contributed by atoms with Crippen molar-refractivity contribution >= 4 is 17.5 Å². The zero-order chi connectivity index (χ0) is 18.1. The summed E-state index contributed by atoms with van der Waals surface area (Å²) in [6, 6.07) is 14.7. The summed E-state index contributed by atoms with van der Waals surface area (Å²) in [6.07, 6.45) is 0.979. The number of rotatable bonds is 8. The molecule has 2 aromatic carbocycles. The van der Waals surface area contributed by atoms with Gasteiger partial charge in [0.25, 0.3) is 5.91 Å². The molecule has 0 bridgehead atoms. The van der Waals surface area contributed by atoms with Crippen molar-refractivity contribution in [1.29, 1.82) is 0 Å². The first-order chi connectivity index (χ1) is 12.1. The van der Waals surface area contributed by atoms with E-state index >= 15 is 0 Å². The Balaban J connectivity index is 1.76. The number of hydrogen-bond acceptors (Lipinski definition) is 3. The summed E-state index contributed by atoms with van der Waals surface area (Å²) in [5.74, 6) is 0.570. The van der Waals surface area contributed by atoms with E-state index in [0.29, 0.717) is 37.2 Å². The average Bonchev–Trinajstić information content (AvgIpc) is 2.59. The molecule has 5 nitrogen and oxygen atoms in total. The van der Waals surface area contributed by atoms with Gasteiger partial charge in [-0.25, -0.2) is 0 Å². The topological polar surface area (TPSA) is 67.4 Å². The predicted molar refractivity (Wildman–Crippen MR) is 99.0 cm³/mol. The van der Waals surface area contributed by atoms with E-state index < -0.39 is 0 Å². The highest BCUT2D eigenvalue weighted by Crippen LogP contribution is 2.14. The Morgan fingerprint density at radius 1 is 1.08 bits per heavy atom. The molecule has 2 N–H and O–H groups in total. The zero-order valence-electron chi connectivity index (χ0n) is 14.7. The van der Waals surface area contributed by atoms with Gasteiger partial charge in [-0.2, -0.15) is 0 Å². The number of carbonyl (C=O) groups excluding carboxylic acids is 2. The molecule has 25 heavy (non-hydrogen) atoms. The van der Waals surface area contributed by atoms with Gasteiger partial charge in [0, 0.05) is 24.2 Å². The van der Waals surface area contributed by atoms with Gasteiger partial charge in [0.1, 0.15) is 5.75 Å². The lowest BCUT2D eigenvalue weighted by atomic mass is 10.2. The summed E-state index contributed by atoms with van der Waals surface area (Å²) in [5, 5.41) is 5.55. The summed E-state index contributed by atoms with van der Waals surface area (Å²) >= 11 is 0. The molecule has 0 saturated carbocycles. The highest BCUT2D eigenvalue weighted by molar-refractivity contribution is 5.97. The van der Waals surface area contributed by atoms with Crippen LogP contribution in [0.25, 0.3) is 0 Å². The molecule has 0 heterocycles. The third-order valence-corrected chi connectivity index (χ3v) is 3.55. The van der Waals surface area contributed by atoms with Crippen molar-refractivity contribution in [3.63, 3.8) is 0 Å². The molecule has 0 aliphatic carbocycles. The van der Waals surface area contributed by atoms with Crippen LogP contribution < -0.4 is 15.4 Å².